The van der Waals surface area contributed by atoms with Gasteiger partial charge in [0.05, 0.1) is 6.10 Å². The van der Waals surface area contributed by atoms with E-state index in [0.717, 1.165) is 34.1 Å². The molecule has 0 saturated carbocycles. The molecule has 4 rings (SSSR count). The lowest BCUT2D eigenvalue weighted by Gasteiger charge is -2.20. The second kappa shape index (κ2) is 9.98. The van der Waals surface area contributed by atoms with Crippen LogP contribution in [0.25, 0.3) is 11.1 Å². The van der Waals surface area contributed by atoms with Crippen LogP contribution in [0.5, 0.6) is 0 Å². The first kappa shape index (κ1) is 22.7. The van der Waals surface area contributed by atoms with E-state index in [1.165, 1.54) is 0 Å². The highest BCUT2D eigenvalue weighted by molar-refractivity contribution is 5.79. The van der Waals surface area contributed by atoms with Crippen LogP contribution in [0, 0.1) is 6.92 Å². The summed E-state index contributed by atoms with van der Waals surface area (Å²) in [5.41, 5.74) is 6.38. The number of fused-ring (bicyclic) bond motifs is 3. The highest BCUT2D eigenvalue weighted by atomic mass is 16.5. The van der Waals surface area contributed by atoms with E-state index in [2.05, 4.69) is 29.6 Å². The number of hydrogen-bond acceptors (Lipinski definition) is 5. The Hall–Kier alpha value is -3.48. The van der Waals surface area contributed by atoms with Gasteiger partial charge in [0.1, 0.15) is 19.0 Å². The molecule has 3 N–H and O–H groups in total. The Balaban J connectivity index is 1.28. The van der Waals surface area contributed by atoms with E-state index < -0.39 is 18.3 Å². The number of aliphatic hydroxyl groups excluding tert-OH is 2. The van der Waals surface area contributed by atoms with Gasteiger partial charge in [0.2, 0.25) is 0 Å². The number of aryl methyl sites for hydroxylation is 1. The van der Waals surface area contributed by atoms with Crippen LogP contribution in [0.1, 0.15) is 51.1 Å². The first-order valence-electron chi connectivity index (χ1n) is 11.0. The molecule has 0 heterocycles. The molecule has 6 nitrogen and oxygen atoms in total. The average molecular weight is 446 g/mol. The normalized spacial score (nSPS) is 14.2. The van der Waals surface area contributed by atoms with E-state index >= 15 is 0 Å². The van der Waals surface area contributed by atoms with E-state index in [4.69, 9.17) is 4.74 Å². The Bertz CT molecular complexity index is 1110. The summed E-state index contributed by atoms with van der Waals surface area (Å²) >= 11 is 0. The van der Waals surface area contributed by atoms with E-state index in [0.29, 0.717) is 11.1 Å². The summed E-state index contributed by atoms with van der Waals surface area (Å²) in [6.07, 6.45) is -1.86. The van der Waals surface area contributed by atoms with Gasteiger partial charge in [-0.1, -0.05) is 60.7 Å². The van der Waals surface area contributed by atoms with E-state index in [-0.39, 0.29) is 25.5 Å². The maximum absolute atomic E-state index is 12.3. The number of alkyl carbamates (subject to hydrolysis) is 1. The number of aliphatic hydroxyl groups is 2. The molecule has 3 aromatic carbocycles. The topological polar surface area (TPSA) is 95.9 Å². The second-order valence-corrected chi connectivity index (χ2v) is 8.29. The third-order valence-corrected chi connectivity index (χ3v) is 6.17. The van der Waals surface area contributed by atoms with Crippen LogP contribution in [0.4, 0.5) is 4.79 Å². The minimum Gasteiger partial charge on any atom is -0.449 e. The minimum absolute atomic E-state index is 0.0205. The zero-order valence-electron chi connectivity index (χ0n) is 18.4. The largest absolute Gasteiger partial charge is 0.449 e. The standard InChI is InChI=1S/C27H27NO5/c1-17-14-18(15-29)10-11-19(17)26(31)25(30)12-13-28-27(32)33-16-24-22-8-4-2-6-20(22)21-7-3-5-9-23(21)24/h2-11,14-15,24-26,30-31H,12-13,16H2,1H3,(H,28,32). The molecule has 0 bridgehead atoms. The molecule has 6 heteroatoms. The van der Waals surface area contributed by atoms with Gasteiger partial charge in [-0.3, -0.25) is 4.79 Å². The molecule has 1 amide bonds. The zero-order chi connectivity index (χ0) is 23.4. The average Bonchev–Trinajstić information content (AvgIpc) is 3.16. The Morgan fingerprint density at radius 1 is 1.03 bits per heavy atom. The summed E-state index contributed by atoms with van der Waals surface area (Å²) in [7, 11) is 0. The number of carbonyl (C=O) groups is 2. The fourth-order valence-corrected chi connectivity index (χ4v) is 4.44. The number of hydrogen-bond donors (Lipinski definition) is 3. The van der Waals surface area contributed by atoms with Crippen molar-refractivity contribution in [1.82, 2.24) is 5.32 Å². The summed E-state index contributed by atoms with van der Waals surface area (Å²) in [5.74, 6) is -0.0205. The SMILES string of the molecule is Cc1cc(C=O)ccc1C(O)C(O)CCNC(=O)OCC1c2ccccc2-c2ccccc21. The lowest BCUT2D eigenvalue weighted by molar-refractivity contribution is 0.0133. The number of aldehydes is 1. The molecule has 33 heavy (non-hydrogen) atoms. The quantitative estimate of drug-likeness (QED) is 0.453. The Morgan fingerprint density at radius 3 is 2.27 bits per heavy atom. The summed E-state index contributed by atoms with van der Waals surface area (Å²) in [6.45, 7) is 2.14. The monoisotopic (exact) mass is 445 g/mol. The molecule has 0 spiro atoms. The van der Waals surface area contributed by atoms with Gasteiger partial charge in [0, 0.05) is 18.0 Å². The zero-order valence-corrected chi connectivity index (χ0v) is 18.4. The molecule has 0 radical (unpaired) electrons. The Kier molecular flexibility index (Phi) is 6.87. The van der Waals surface area contributed by atoms with Crippen molar-refractivity contribution >= 4 is 12.4 Å². The van der Waals surface area contributed by atoms with Crippen molar-refractivity contribution in [2.75, 3.05) is 13.2 Å². The van der Waals surface area contributed by atoms with Crippen molar-refractivity contribution < 1.29 is 24.5 Å². The molecular weight excluding hydrogens is 418 g/mol. The Labute approximate surface area is 192 Å². The highest BCUT2D eigenvalue weighted by Crippen LogP contribution is 2.44. The van der Waals surface area contributed by atoms with Gasteiger partial charge in [0.25, 0.3) is 0 Å². The molecule has 0 aliphatic heterocycles. The molecule has 0 saturated heterocycles. The van der Waals surface area contributed by atoms with Crippen LogP contribution in [0.3, 0.4) is 0 Å². The van der Waals surface area contributed by atoms with Crippen molar-refractivity contribution in [3.8, 4) is 11.1 Å². The van der Waals surface area contributed by atoms with Gasteiger partial charge in [0.15, 0.2) is 0 Å². The Morgan fingerprint density at radius 2 is 1.67 bits per heavy atom. The highest BCUT2D eigenvalue weighted by Gasteiger charge is 2.29. The van der Waals surface area contributed by atoms with Gasteiger partial charge >= 0.3 is 6.09 Å². The van der Waals surface area contributed by atoms with Gasteiger partial charge in [-0.25, -0.2) is 4.79 Å². The summed E-state index contributed by atoms with van der Waals surface area (Å²) in [5, 5.41) is 23.4. The predicted octanol–water partition coefficient (Wildman–Crippen LogP) is 4.13. The molecular formula is C27H27NO5. The fourth-order valence-electron chi connectivity index (χ4n) is 4.44. The number of ether oxygens (including phenoxy) is 1. The first-order chi connectivity index (χ1) is 16.0. The van der Waals surface area contributed by atoms with Crippen LogP contribution in [-0.4, -0.2) is 41.8 Å². The summed E-state index contributed by atoms with van der Waals surface area (Å²) in [6, 6.07) is 21.1. The number of carbonyl (C=O) groups excluding carboxylic acids is 2. The van der Waals surface area contributed by atoms with Crippen LogP contribution >= 0.6 is 0 Å². The molecule has 2 atom stereocenters. The number of nitrogens with one attached hydrogen (secondary N) is 1. The predicted molar refractivity (Wildman–Crippen MR) is 125 cm³/mol. The third kappa shape index (κ3) is 4.82. The smallest absolute Gasteiger partial charge is 0.407 e. The maximum Gasteiger partial charge on any atom is 0.407 e. The molecule has 0 fully saturated rings. The summed E-state index contributed by atoms with van der Waals surface area (Å²) in [4.78, 5) is 23.1. The van der Waals surface area contributed by atoms with Crippen molar-refractivity contribution in [3.63, 3.8) is 0 Å². The van der Waals surface area contributed by atoms with Crippen molar-refractivity contribution in [3.05, 3.63) is 94.5 Å². The van der Waals surface area contributed by atoms with E-state index in [1.54, 1.807) is 25.1 Å². The molecule has 0 aromatic heterocycles. The minimum atomic E-state index is -1.12. The van der Waals surface area contributed by atoms with Gasteiger partial charge < -0.3 is 20.3 Å². The maximum atomic E-state index is 12.3. The van der Waals surface area contributed by atoms with Crippen LogP contribution < -0.4 is 5.32 Å². The number of rotatable bonds is 8. The second-order valence-electron chi connectivity index (χ2n) is 8.29. The molecule has 170 valence electrons. The lowest BCUT2D eigenvalue weighted by atomic mass is 9.96. The molecule has 3 aromatic rings. The van der Waals surface area contributed by atoms with E-state index in [9.17, 15) is 19.8 Å². The van der Waals surface area contributed by atoms with Crippen molar-refractivity contribution in [1.29, 1.82) is 0 Å². The molecule has 2 unspecified atom stereocenters. The lowest BCUT2D eigenvalue weighted by Crippen LogP contribution is -2.30. The number of amides is 1. The van der Waals surface area contributed by atoms with E-state index in [1.807, 2.05) is 24.3 Å². The van der Waals surface area contributed by atoms with Crippen LogP contribution in [0.15, 0.2) is 66.7 Å². The van der Waals surface area contributed by atoms with Gasteiger partial charge in [-0.05, 0) is 52.8 Å². The fraction of sp³-hybridized carbons (Fsp3) is 0.259. The summed E-state index contributed by atoms with van der Waals surface area (Å²) < 4.78 is 5.48. The van der Waals surface area contributed by atoms with Crippen LogP contribution in [0.2, 0.25) is 0 Å². The third-order valence-electron chi connectivity index (χ3n) is 6.17. The van der Waals surface area contributed by atoms with Crippen LogP contribution in [-0.2, 0) is 4.74 Å². The van der Waals surface area contributed by atoms with Gasteiger partial charge in [-0.2, -0.15) is 0 Å². The van der Waals surface area contributed by atoms with Crippen molar-refractivity contribution in [2.24, 2.45) is 0 Å². The first-order valence-corrected chi connectivity index (χ1v) is 11.0. The molecule has 1 aliphatic rings. The number of benzene rings is 3. The molecule has 1 aliphatic carbocycles. The van der Waals surface area contributed by atoms with Crippen molar-refractivity contribution in [2.45, 2.75) is 31.5 Å². The van der Waals surface area contributed by atoms with Gasteiger partial charge in [-0.15, -0.1) is 0 Å².